The van der Waals surface area contributed by atoms with Crippen LogP contribution in [-0.2, 0) is 0 Å². The number of aliphatic hydroxyl groups excluding tert-OH is 2. The molecule has 5 aromatic rings. The number of rotatable bonds is 10. The fourth-order valence-electron chi connectivity index (χ4n) is 10.2. The van der Waals surface area contributed by atoms with E-state index >= 15 is 0 Å². The van der Waals surface area contributed by atoms with Crippen molar-refractivity contribution < 1.29 is 29.4 Å². The molecule has 4 amide bonds. The molecule has 0 aromatic heterocycles. The van der Waals surface area contributed by atoms with E-state index in [0.29, 0.717) is 70.8 Å². The van der Waals surface area contributed by atoms with Crippen LogP contribution in [0.15, 0.2) is 36.4 Å². The first-order valence-electron chi connectivity index (χ1n) is 20.0. The Hall–Kier alpha value is -4.80. The lowest BCUT2D eigenvalue weighted by Crippen LogP contribution is -2.41. The van der Waals surface area contributed by atoms with Gasteiger partial charge in [-0.25, -0.2) is 0 Å². The molecule has 2 fully saturated rings. The highest BCUT2D eigenvalue weighted by Gasteiger charge is 2.39. The van der Waals surface area contributed by atoms with Crippen molar-refractivity contribution in [2.45, 2.75) is 65.2 Å². The number of piperidine rings is 2. The molecule has 2 N–H and O–H groups in total. The van der Waals surface area contributed by atoms with E-state index in [0.717, 1.165) is 108 Å². The molecule has 0 bridgehead atoms. The third-order valence-corrected chi connectivity index (χ3v) is 12.8. The minimum Gasteiger partial charge on any atom is -0.396 e. The zero-order valence-electron chi connectivity index (χ0n) is 31.2. The Morgan fingerprint density at radius 3 is 1.24 bits per heavy atom. The van der Waals surface area contributed by atoms with Crippen molar-refractivity contribution in [3.8, 4) is 0 Å². The Kier molecular flexibility index (Phi) is 8.73. The van der Waals surface area contributed by atoms with Gasteiger partial charge in [0.15, 0.2) is 0 Å². The maximum atomic E-state index is 14.4. The number of hydrogen-bond donors (Lipinski definition) is 2. The van der Waals surface area contributed by atoms with Gasteiger partial charge in [-0.05, 0) is 98.2 Å². The van der Waals surface area contributed by atoms with E-state index in [-0.39, 0.29) is 36.8 Å². The summed E-state index contributed by atoms with van der Waals surface area (Å²) in [6, 6.07) is 11.8. The van der Waals surface area contributed by atoms with E-state index in [4.69, 9.17) is 0 Å². The van der Waals surface area contributed by atoms with E-state index in [9.17, 15) is 29.4 Å². The molecule has 2 saturated heterocycles. The highest BCUT2D eigenvalue weighted by molar-refractivity contribution is 6.44. The van der Waals surface area contributed by atoms with E-state index in [1.165, 1.54) is 9.80 Å². The van der Waals surface area contributed by atoms with Crippen molar-refractivity contribution in [1.82, 2.24) is 9.80 Å². The summed E-state index contributed by atoms with van der Waals surface area (Å²) >= 11 is 0. The summed E-state index contributed by atoms with van der Waals surface area (Å²) < 4.78 is 0. The third-order valence-electron chi connectivity index (χ3n) is 12.8. The number of anilines is 2. The number of imide groups is 2. The lowest BCUT2D eigenvalue weighted by Gasteiger charge is -2.38. The zero-order chi connectivity index (χ0) is 37.4. The van der Waals surface area contributed by atoms with Crippen LogP contribution in [0.5, 0.6) is 0 Å². The molecule has 280 valence electrons. The topological polar surface area (TPSA) is 122 Å². The quantitative estimate of drug-likeness (QED) is 0.0901. The Bertz CT molecular complexity index is 2200. The van der Waals surface area contributed by atoms with Gasteiger partial charge < -0.3 is 20.0 Å². The number of nitrogens with zero attached hydrogens (tertiary/aromatic N) is 4. The van der Waals surface area contributed by atoms with Crippen molar-refractivity contribution in [3.05, 3.63) is 58.7 Å². The van der Waals surface area contributed by atoms with Crippen LogP contribution in [-0.4, -0.2) is 96.1 Å². The molecule has 10 heteroatoms. The van der Waals surface area contributed by atoms with Crippen LogP contribution in [0.3, 0.4) is 0 Å². The summed E-state index contributed by atoms with van der Waals surface area (Å²) in [5.41, 5.74) is 3.96. The summed E-state index contributed by atoms with van der Waals surface area (Å²) in [6.45, 7) is 7.98. The standard InChI is InChI=1S/C44H48N4O6/c1-3-15-47-41(51)29-7-5-27-38-34(46-19-11-26(12-20-46)14-22-50)24-32-36-30(42(52)48(16-4-2)44(32)54)8-6-28(40(36)38)37-33(23-31(43(47)53)35(29)39(27)37)45-17-9-25(10-18-45)13-21-49/h5-8,23-26,49-50H,3-4,9-22H2,1-2H3. The van der Waals surface area contributed by atoms with E-state index < -0.39 is 0 Å². The first kappa shape index (κ1) is 34.9. The Morgan fingerprint density at radius 1 is 0.519 bits per heavy atom. The van der Waals surface area contributed by atoms with Crippen molar-refractivity contribution in [2.24, 2.45) is 11.8 Å². The molecular formula is C44H48N4O6. The summed E-state index contributed by atoms with van der Waals surface area (Å²) in [5, 5.41) is 26.2. The third kappa shape index (κ3) is 5.05. The first-order valence-corrected chi connectivity index (χ1v) is 20.0. The number of aliphatic hydroxyl groups is 2. The Morgan fingerprint density at radius 2 is 0.889 bits per heavy atom. The van der Waals surface area contributed by atoms with Gasteiger partial charge in [-0.15, -0.1) is 0 Å². The molecule has 4 aliphatic rings. The summed E-state index contributed by atoms with van der Waals surface area (Å²) in [6.07, 6.45) is 6.49. The summed E-state index contributed by atoms with van der Waals surface area (Å²) in [5.74, 6) is -0.269. The molecule has 54 heavy (non-hydrogen) atoms. The van der Waals surface area contributed by atoms with Gasteiger partial charge in [0.05, 0.1) is 11.1 Å². The van der Waals surface area contributed by atoms with Gasteiger partial charge in [0.1, 0.15) is 0 Å². The van der Waals surface area contributed by atoms with E-state index in [2.05, 4.69) is 9.80 Å². The molecule has 5 aromatic carbocycles. The lowest BCUT2D eigenvalue weighted by atomic mass is 9.80. The maximum Gasteiger partial charge on any atom is 0.261 e. The smallest absolute Gasteiger partial charge is 0.261 e. The van der Waals surface area contributed by atoms with Gasteiger partial charge >= 0.3 is 0 Å². The van der Waals surface area contributed by atoms with Gasteiger partial charge in [0.2, 0.25) is 0 Å². The molecule has 0 aliphatic carbocycles. The van der Waals surface area contributed by atoms with Gasteiger partial charge in [-0.2, -0.15) is 0 Å². The number of fused-ring (bicyclic) bond motifs is 2. The van der Waals surface area contributed by atoms with Gasteiger partial charge in [-0.3, -0.25) is 29.0 Å². The molecular weight excluding hydrogens is 681 g/mol. The van der Waals surface area contributed by atoms with E-state index in [1.54, 1.807) is 0 Å². The maximum absolute atomic E-state index is 14.4. The Labute approximate surface area is 314 Å². The molecule has 0 radical (unpaired) electrons. The van der Waals surface area contributed by atoms with E-state index in [1.807, 2.05) is 50.2 Å². The predicted octanol–water partition coefficient (Wildman–Crippen LogP) is 6.95. The molecule has 0 spiro atoms. The molecule has 0 atom stereocenters. The van der Waals surface area contributed by atoms with Crippen molar-refractivity contribution >= 4 is 78.1 Å². The number of amides is 4. The van der Waals surface area contributed by atoms with Crippen LogP contribution in [0, 0.1) is 11.8 Å². The second kappa shape index (κ2) is 13.5. The highest BCUT2D eigenvalue weighted by Crippen LogP contribution is 2.52. The number of carbonyl (C=O) groups is 4. The molecule has 4 aliphatic heterocycles. The molecule has 4 heterocycles. The molecule has 0 unspecified atom stereocenters. The average Bonchev–Trinajstić information content (AvgIpc) is 3.19. The van der Waals surface area contributed by atoms with Crippen LogP contribution in [0.25, 0.3) is 43.1 Å². The predicted molar refractivity (Wildman–Crippen MR) is 212 cm³/mol. The minimum absolute atomic E-state index is 0.163. The van der Waals surface area contributed by atoms with Crippen LogP contribution >= 0.6 is 0 Å². The van der Waals surface area contributed by atoms with Crippen molar-refractivity contribution in [3.63, 3.8) is 0 Å². The number of carbonyl (C=O) groups excluding carboxylic acids is 4. The van der Waals surface area contributed by atoms with Crippen LogP contribution in [0.2, 0.25) is 0 Å². The summed E-state index contributed by atoms with van der Waals surface area (Å²) in [4.78, 5) is 64.5. The van der Waals surface area contributed by atoms with Crippen LogP contribution in [0.1, 0.15) is 107 Å². The second-order valence-electron chi connectivity index (χ2n) is 15.9. The first-order chi connectivity index (χ1) is 26.3. The second-order valence-corrected chi connectivity index (χ2v) is 15.9. The van der Waals surface area contributed by atoms with Gasteiger partial charge in [0.25, 0.3) is 23.6 Å². The fourth-order valence-corrected chi connectivity index (χ4v) is 10.2. The SMILES string of the molecule is CCCN1C(=O)c2ccc3c4c(N5CCC(CCO)CC5)cc5c6c(ccc(c7c(N8CCC(CCO)CC8)cc(c2c37)C1=O)c64)C(=O)N(CCC)C5=O. The number of benzene rings is 5. The van der Waals surface area contributed by atoms with Crippen LogP contribution in [0.4, 0.5) is 11.4 Å². The lowest BCUT2D eigenvalue weighted by molar-refractivity contribution is 0.0595. The normalized spacial score (nSPS) is 18.6. The zero-order valence-corrected chi connectivity index (χ0v) is 31.2. The largest absolute Gasteiger partial charge is 0.396 e. The van der Waals surface area contributed by atoms with Gasteiger partial charge in [0, 0.05) is 107 Å². The Balaban J connectivity index is 1.40. The monoisotopic (exact) mass is 728 g/mol. The fraction of sp³-hybridized carbons (Fsp3) is 0.455. The van der Waals surface area contributed by atoms with Crippen molar-refractivity contribution in [2.75, 3.05) is 62.3 Å². The number of hydrogen-bond acceptors (Lipinski definition) is 8. The summed E-state index contributed by atoms with van der Waals surface area (Å²) in [7, 11) is 0. The van der Waals surface area contributed by atoms with Crippen molar-refractivity contribution in [1.29, 1.82) is 0 Å². The molecule has 10 nitrogen and oxygen atoms in total. The molecule has 9 rings (SSSR count). The minimum atomic E-state index is -0.279. The van der Waals surface area contributed by atoms with Crippen LogP contribution < -0.4 is 9.80 Å². The highest BCUT2D eigenvalue weighted by atomic mass is 16.3. The molecule has 0 saturated carbocycles. The average molecular weight is 729 g/mol. The van der Waals surface area contributed by atoms with Gasteiger partial charge in [-0.1, -0.05) is 26.0 Å².